The second-order valence-corrected chi connectivity index (χ2v) is 7.13. The number of benzene rings is 2. The van der Waals surface area contributed by atoms with E-state index in [0.717, 1.165) is 0 Å². The standard InChI is InChI=1S/C17H17N3O3S/c1-11-7-14(9-16(12(11)2)24(22,23)19-3)17(21)20-15-6-4-5-13(8-15)10-18/h4-9,19H,1-3H3,(H,20,21). The highest BCUT2D eigenvalue weighted by molar-refractivity contribution is 7.89. The number of carbonyl (C=O) groups excluding carboxylic acids is 1. The van der Waals surface area contributed by atoms with Crippen molar-refractivity contribution in [2.75, 3.05) is 12.4 Å². The van der Waals surface area contributed by atoms with E-state index in [1.54, 1.807) is 44.2 Å². The average Bonchev–Trinajstić information content (AvgIpc) is 2.57. The summed E-state index contributed by atoms with van der Waals surface area (Å²) < 4.78 is 26.5. The van der Waals surface area contributed by atoms with Crippen molar-refractivity contribution in [2.24, 2.45) is 0 Å². The summed E-state index contributed by atoms with van der Waals surface area (Å²) >= 11 is 0. The predicted molar refractivity (Wildman–Crippen MR) is 91.3 cm³/mol. The summed E-state index contributed by atoms with van der Waals surface area (Å²) in [6.45, 7) is 3.44. The van der Waals surface area contributed by atoms with Crippen LogP contribution in [0.15, 0.2) is 41.3 Å². The third-order valence-electron chi connectivity index (χ3n) is 3.69. The number of amides is 1. The van der Waals surface area contributed by atoms with Gasteiger partial charge >= 0.3 is 0 Å². The summed E-state index contributed by atoms with van der Waals surface area (Å²) in [4.78, 5) is 12.5. The number of anilines is 1. The Hall–Kier alpha value is -2.69. The lowest BCUT2D eigenvalue weighted by Gasteiger charge is -2.12. The minimum atomic E-state index is -3.66. The number of nitriles is 1. The molecule has 0 atom stereocenters. The maximum absolute atomic E-state index is 12.4. The number of hydrogen-bond acceptors (Lipinski definition) is 4. The lowest BCUT2D eigenvalue weighted by molar-refractivity contribution is 0.102. The molecule has 2 aromatic carbocycles. The molecule has 0 spiro atoms. The van der Waals surface area contributed by atoms with Gasteiger partial charge in [-0.05, 0) is 62.4 Å². The number of rotatable bonds is 4. The first kappa shape index (κ1) is 17.7. The number of sulfonamides is 1. The van der Waals surface area contributed by atoms with Crippen LogP contribution < -0.4 is 10.0 Å². The third-order valence-corrected chi connectivity index (χ3v) is 5.23. The smallest absolute Gasteiger partial charge is 0.255 e. The van der Waals surface area contributed by atoms with Gasteiger partial charge in [0.2, 0.25) is 10.0 Å². The number of aryl methyl sites for hydroxylation is 1. The topological polar surface area (TPSA) is 99.1 Å². The van der Waals surface area contributed by atoms with Gasteiger partial charge in [0.25, 0.3) is 5.91 Å². The van der Waals surface area contributed by atoms with Gasteiger partial charge in [-0.25, -0.2) is 13.1 Å². The van der Waals surface area contributed by atoms with Gasteiger partial charge in [-0.2, -0.15) is 5.26 Å². The highest BCUT2D eigenvalue weighted by Gasteiger charge is 2.19. The molecule has 0 saturated carbocycles. The summed E-state index contributed by atoms with van der Waals surface area (Å²) in [7, 11) is -2.34. The van der Waals surface area contributed by atoms with Crippen LogP contribution in [-0.4, -0.2) is 21.4 Å². The van der Waals surface area contributed by atoms with Crippen molar-refractivity contribution in [1.82, 2.24) is 4.72 Å². The molecule has 2 N–H and O–H groups in total. The molecule has 0 aromatic heterocycles. The highest BCUT2D eigenvalue weighted by Crippen LogP contribution is 2.22. The second kappa shape index (κ2) is 6.83. The monoisotopic (exact) mass is 343 g/mol. The van der Waals surface area contributed by atoms with Crippen molar-refractivity contribution >= 4 is 21.6 Å². The number of hydrogen-bond donors (Lipinski definition) is 2. The quantitative estimate of drug-likeness (QED) is 0.890. The summed E-state index contributed by atoms with van der Waals surface area (Å²) in [5.41, 5.74) is 2.41. The van der Waals surface area contributed by atoms with Crippen LogP contribution in [0.3, 0.4) is 0 Å². The molecule has 0 radical (unpaired) electrons. The molecule has 124 valence electrons. The van der Waals surface area contributed by atoms with E-state index in [4.69, 9.17) is 5.26 Å². The largest absolute Gasteiger partial charge is 0.322 e. The Morgan fingerprint density at radius 3 is 2.50 bits per heavy atom. The van der Waals surface area contributed by atoms with Gasteiger partial charge in [0.15, 0.2) is 0 Å². The Morgan fingerprint density at radius 1 is 1.17 bits per heavy atom. The van der Waals surface area contributed by atoms with E-state index in [0.29, 0.717) is 22.4 Å². The van der Waals surface area contributed by atoms with Gasteiger partial charge in [0, 0.05) is 11.3 Å². The minimum absolute atomic E-state index is 0.0703. The fourth-order valence-corrected chi connectivity index (χ4v) is 3.28. The summed E-state index contributed by atoms with van der Waals surface area (Å²) in [6, 6.07) is 11.5. The molecule has 0 bridgehead atoms. The van der Waals surface area contributed by atoms with Crippen LogP contribution in [0.1, 0.15) is 27.0 Å². The van der Waals surface area contributed by atoms with Crippen LogP contribution in [-0.2, 0) is 10.0 Å². The first-order valence-corrected chi connectivity index (χ1v) is 8.63. The lowest BCUT2D eigenvalue weighted by atomic mass is 10.1. The molecule has 2 aromatic rings. The SMILES string of the molecule is CNS(=O)(=O)c1cc(C(=O)Nc2cccc(C#N)c2)cc(C)c1C. The van der Waals surface area contributed by atoms with Crippen molar-refractivity contribution in [1.29, 1.82) is 5.26 Å². The van der Waals surface area contributed by atoms with E-state index in [-0.39, 0.29) is 10.5 Å². The lowest BCUT2D eigenvalue weighted by Crippen LogP contribution is -2.21. The van der Waals surface area contributed by atoms with Crippen LogP contribution in [0.2, 0.25) is 0 Å². The van der Waals surface area contributed by atoms with Crippen molar-refractivity contribution < 1.29 is 13.2 Å². The van der Waals surface area contributed by atoms with E-state index in [1.165, 1.54) is 13.1 Å². The summed E-state index contributed by atoms with van der Waals surface area (Å²) in [5.74, 6) is -0.444. The first-order chi connectivity index (χ1) is 11.3. The number of carbonyl (C=O) groups is 1. The molecule has 1 amide bonds. The Morgan fingerprint density at radius 2 is 1.88 bits per heavy atom. The highest BCUT2D eigenvalue weighted by atomic mass is 32.2. The molecular weight excluding hydrogens is 326 g/mol. The Labute approximate surface area is 141 Å². The van der Waals surface area contributed by atoms with Gasteiger partial charge in [-0.15, -0.1) is 0 Å². The zero-order valence-corrected chi connectivity index (χ0v) is 14.4. The molecule has 6 nitrogen and oxygen atoms in total. The molecule has 0 heterocycles. The minimum Gasteiger partial charge on any atom is -0.322 e. The fourth-order valence-electron chi connectivity index (χ4n) is 2.22. The van der Waals surface area contributed by atoms with Crippen LogP contribution in [0.4, 0.5) is 5.69 Å². The molecule has 0 saturated heterocycles. The Kier molecular flexibility index (Phi) is 5.02. The van der Waals surface area contributed by atoms with E-state index in [1.807, 2.05) is 6.07 Å². The molecule has 24 heavy (non-hydrogen) atoms. The number of nitrogens with zero attached hydrogens (tertiary/aromatic N) is 1. The normalized spacial score (nSPS) is 10.9. The van der Waals surface area contributed by atoms with Crippen molar-refractivity contribution in [2.45, 2.75) is 18.7 Å². The van der Waals surface area contributed by atoms with Crippen molar-refractivity contribution in [3.05, 3.63) is 58.7 Å². The maximum atomic E-state index is 12.4. The van der Waals surface area contributed by atoms with E-state index >= 15 is 0 Å². The molecule has 2 rings (SSSR count). The van der Waals surface area contributed by atoms with Gasteiger partial charge in [0.05, 0.1) is 16.5 Å². The molecule has 0 unspecified atom stereocenters. The molecule has 0 fully saturated rings. The van der Waals surface area contributed by atoms with Gasteiger partial charge in [-0.3, -0.25) is 4.79 Å². The van der Waals surface area contributed by atoms with Gasteiger partial charge in [0.1, 0.15) is 0 Å². The molecular formula is C17H17N3O3S. The Bertz CT molecular complexity index is 944. The molecule has 0 aliphatic rings. The van der Waals surface area contributed by atoms with E-state index in [2.05, 4.69) is 10.0 Å². The van der Waals surface area contributed by atoms with E-state index in [9.17, 15) is 13.2 Å². The number of nitrogens with one attached hydrogen (secondary N) is 2. The van der Waals surface area contributed by atoms with E-state index < -0.39 is 15.9 Å². The average molecular weight is 343 g/mol. The van der Waals surface area contributed by atoms with Gasteiger partial charge < -0.3 is 5.32 Å². The first-order valence-electron chi connectivity index (χ1n) is 7.15. The predicted octanol–water partition coefficient (Wildman–Crippen LogP) is 2.34. The third kappa shape index (κ3) is 3.62. The molecule has 0 aliphatic carbocycles. The second-order valence-electron chi connectivity index (χ2n) is 5.27. The van der Waals surface area contributed by atoms with Crippen LogP contribution in [0.25, 0.3) is 0 Å². The van der Waals surface area contributed by atoms with Crippen molar-refractivity contribution in [3.8, 4) is 6.07 Å². The van der Waals surface area contributed by atoms with Crippen molar-refractivity contribution in [3.63, 3.8) is 0 Å². The van der Waals surface area contributed by atoms with Crippen LogP contribution in [0.5, 0.6) is 0 Å². The Balaban J connectivity index is 2.42. The molecule has 7 heteroatoms. The zero-order valence-electron chi connectivity index (χ0n) is 13.5. The maximum Gasteiger partial charge on any atom is 0.255 e. The van der Waals surface area contributed by atoms with Crippen LogP contribution in [0, 0.1) is 25.2 Å². The summed E-state index contributed by atoms with van der Waals surface area (Å²) in [5, 5.41) is 11.6. The fraction of sp³-hybridized carbons (Fsp3) is 0.176. The molecule has 0 aliphatic heterocycles. The van der Waals surface area contributed by atoms with Crippen LogP contribution >= 0.6 is 0 Å². The summed E-state index contributed by atoms with van der Waals surface area (Å²) in [6.07, 6.45) is 0. The zero-order chi connectivity index (χ0) is 17.9. The van der Waals surface area contributed by atoms with Gasteiger partial charge in [-0.1, -0.05) is 6.07 Å².